The first kappa shape index (κ1) is 18.2. The molecule has 0 radical (unpaired) electrons. The second kappa shape index (κ2) is 8.65. The Morgan fingerprint density at radius 3 is 2.21 bits per heavy atom. The van der Waals surface area contributed by atoms with Gasteiger partial charge in [0.2, 0.25) is 0 Å². The van der Waals surface area contributed by atoms with E-state index in [4.69, 9.17) is 4.74 Å². The summed E-state index contributed by atoms with van der Waals surface area (Å²) in [6.45, 7) is 4.73. The van der Waals surface area contributed by atoms with Gasteiger partial charge in [0.05, 0.1) is 0 Å². The summed E-state index contributed by atoms with van der Waals surface area (Å²) in [6, 6.07) is 20.3. The van der Waals surface area contributed by atoms with Crippen molar-refractivity contribution in [2.75, 3.05) is 13.6 Å². The smallest absolute Gasteiger partial charge is 0.306 e. The second-order valence-corrected chi connectivity index (χ2v) is 6.20. The van der Waals surface area contributed by atoms with Crippen LogP contribution in [0.3, 0.4) is 0 Å². The van der Waals surface area contributed by atoms with E-state index >= 15 is 0 Å². The lowest BCUT2D eigenvalue weighted by Crippen LogP contribution is -2.44. The molecule has 0 heterocycles. The third kappa shape index (κ3) is 4.24. The van der Waals surface area contributed by atoms with Crippen molar-refractivity contribution >= 4 is 5.97 Å². The predicted molar refractivity (Wildman–Crippen MR) is 97.7 cm³/mol. The van der Waals surface area contributed by atoms with Crippen molar-refractivity contribution in [1.29, 1.82) is 0 Å². The van der Waals surface area contributed by atoms with E-state index in [-0.39, 0.29) is 11.9 Å². The SMILES string of the molecule is CCC(=O)OC(Cc1ccccc1)(c1ccccc1)C(C)CNC. The molecule has 128 valence electrons. The van der Waals surface area contributed by atoms with Crippen LogP contribution in [0.15, 0.2) is 60.7 Å². The summed E-state index contributed by atoms with van der Waals surface area (Å²) in [6.07, 6.45) is 1.03. The lowest BCUT2D eigenvalue weighted by atomic mass is 9.77. The van der Waals surface area contributed by atoms with Crippen LogP contribution in [0.4, 0.5) is 0 Å². The maximum absolute atomic E-state index is 12.3. The molecule has 0 spiro atoms. The van der Waals surface area contributed by atoms with E-state index < -0.39 is 5.60 Å². The summed E-state index contributed by atoms with van der Waals surface area (Å²) in [4.78, 5) is 12.3. The molecular weight excluding hydrogens is 298 g/mol. The molecule has 0 aromatic heterocycles. The predicted octanol–water partition coefficient (Wildman–Crippen LogP) is 3.93. The van der Waals surface area contributed by atoms with Crippen molar-refractivity contribution in [1.82, 2.24) is 5.32 Å². The van der Waals surface area contributed by atoms with Gasteiger partial charge in [0.15, 0.2) is 0 Å². The largest absolute Gasteiger partial charge is 0.453 e. The molecular formula is C21H27NO2. The minimum Gasteiger partial charge on any atom is -0.453 e. The monoisotopic (exact) mass is 325 g/mol. The first-order chi connectivity index (χ1) is 11.6. The molecule has 0 aliphatic rings. The fourth-order valence-electron chi connectivity index (χ4n) is 3.12. The molecule has 0 saturated heterocycles. The Bertz CT molecular complexity index is 627. The highest BCUT2D eigenvalue weighted by Gasteiger charge is 2.41. The van der Waals surface area contributed by atoms with E-state index in [2.05, 4.69) is 36.5 Å². The highest BCUT2D eigenvalue weighted by atomic mass is 16.6. The van der Waals surface area contributed by atoms with Crippen LogP contribution in [0, 0.1) is 5.92 Å². The third-order valence-corrected chi connectivity index (χ3v) is 4.46. The molecule has 2 aromatic carbocycles. The van der Waals surface area contributed by atoms with Crippen LogP contribution < -0.4 is 5.32 Å². The fourth-order valence-corrected chi connectivity index (χ4v) is 3.12. The van der Waals surface area contributed by atoms with Crippen LogP contribution in [0.5, 0.6) is 0 Å². The molecule has 2 aromatic rings. The van der Waals surface area contributed by atoms with Crippen LogP contribution in [-0.2, 0) is 21.6 Å². The van der Waals surface area contributed by atoms with Gasteiger partial charge in [-0.05, 0) is 18.2 Å². The maximum atomic E-state index is 12.3. The number of hydrogen-bond acceptors (Lipinski definition) is 3. The summed E-state index contributed by atoms with van der Waals surface area (Å²) >= 11 is 0. The molecule has 0 amide bonds. The number of rotatable bonds is 8. The number of carbonyl (C=O) groups excluding carboxylic acids is 1. The molecule has 3 heteroatoms. The van der Waals surface area contributed by atoms with Crippen molar-refractivity contribution in [2.24, 2.45) is 5.92 Å². The Hall–Kier alpha value is -2.13. The average Bonchev–Trinajstić information content (AvgIpc) is 2.62. The first-order valence-electron chi connectivity index (χ1n) is 8.58. The lowest BCUT2D eigenvalue weighted by Gasteiger charge is -2.39. The highest BCUT2D eigenvalue weighted by molar-refractivity contribution is 5.69. The van der Waals surface area contributed by atoms with Gasteiger partial charge < -0.3 is 10.1 Å². The number of carbonyl (C=O) groups is 1. The molecule has 0 fully saturated rings. The van der Waals surface area contributed by atoms with Gasteiger partial charge in [-0.1, -0.05) is 74.5 Å². The minimum atomic E-state index is -0.682. The van der Waals surface area contributed by atoms with E-state index in [1.54, 1.807) is 0 Å². The Labute approximate surface area is 145 Å². The molecule has 0 aliphatic carbocycles. The zero-order valence-electron chi connectivity index (χ0n) is 14.8. The van der Waals surface area contributed by atoms with Crippen molar-refractivity contribution < 1.29 is 9.53 Å². The van der Waals surface area contributed by atoms with Gasteiger partial charge in [-0.3, -0.25) is 4.79 Å². The van der Waals surface area contributed by atoms with E-state index in [1.807, 2.05) is 50.4 Å². The number of esters is 1. The van der Waals surface area contributed by atoms with Crippen LogP contribution in [-0.4, -0.2) is 19.6 Å². The van der Waals surface area contributed by atoms with Crippen LogP contribution >= 0.6 is 0 Å². The summed E-state index contributed by atoms with van der Waals surface area (Å²) in [5, 5.41) is 3.23. The molecule has 0 bridgehead atoms. The van der Waals surface area contributed by atoms with Gasteiger partial charge >= 0.3 is 5.97 Å². The van der Waals surface area contributed by atoms with Gasteiger partial charge in [0.25, 0.3) is 0 Å². The molecule has 0 aliphatic heterocycles. The number of nitrogens with one attached hydrogen (secondary N) is 1. The Kier molecular flexibility index (Phi) is 6.56. The summed E-state index contributed by atoms with van der Waals surface area (Å²) in [7, 11) is 1.93. The summed E-state index contributed by atoms with van der Waals surface area (Å²) < 4.78 is 6.11. The highest BCUT2D eigenvalue weighted by Crippen LogP contribution is 2.37. The minimum absolute atomic E-state index is 0.126. The van der Waals surface area contributed by atoms with Gasteiger partial charge in [-0.15, -0.1) is 0 Å². The van der Waals surface area contributed by atoms with Crippen molar-refractivity contribution in [2.45, 2.75) is 32.3 Å². The van der Waals surface area contributed by atoms with Gasteiger partial charge in [-0.2, -0.15) is 0 Å². The molecule has 2 atom stereocenters. The quantitative estimate of drug-likeness (QED) is 0.747. The Morgan fingerprint density at radius 2 is 1.67 bits per heavy atom. The van der Waals surface area contributed by atoms with Crippen LogP contribution in [0.2, 0.25) is 0 Å². The normalized spacial score (nSPS) is 14.6. The number of hydrogen-bond donors (Lipinski definition) is 1. The molecule has 2 unspecified atom stereocenters. The molecule has 3 nitrogen and oxygen atoms in total. The Balaban J connectivity index is 2.51. The fraction of sp³-hybridized carbons (Fsp3) is 0.381. The van der Waals surface area contributed by atoms with E-state index in [0.29, 0.717) is 12.8 Å². The van der Waals surface area contributed by atoms with E-state index in [0.717, 1.165) is 17.7 Å². The lowest BCUT2D eigenvalue weighted by molar-refractivity contribution is -0.167. The van der Waals surface area contributed by atoms with Gasteiger partial charge in [0, 0.05) is 25.3 Å². The van der Waals surface area contributed by atoms with Gasteiger partial charge in [-0.25, -0.2) is 0 Å². The standard InChI is InChI=1S/C21H27NO2/c1-4-20(23)24-21(17(2)16-22-3,19-13-9-6-10-14-19)15-18-11-7-5-8-12-18/h5-14,17,22H,4,15-16H2,1-3H3. The second-order valence-electron chi connectivity index (χ2n) is 6.20. The zero-order chi connectivity index (χ0) is 17.4. The van der Waals surface area contributed by atoms with E-state index in [9.17, 15) is 4.79 Å². The number of benzene rings is 2. The van der Waals surface area contributed by atoms with Crippen LogP contribution in [0.25, 0.3) is 0 Å². The first-order valence-corrected chi connectivity index (χ1v) is 8.58. The topological polar surface area (TPSA) is 38.3 Å². The summed E-state index contributed by atoms with van der Waals surface area (Å²) in [5.41, 5.74) is 1.52. The number of ether oxygens (including phenoxy) is 1. The molecule has 0 saturated carbocycles. The average molecular weight is 325 g/mol. The molecule has 2 rings (SSSR count). The Morgan fingerprint density at radius 1 is 1.08 bits per heavy atom. The van der Waals surface area contributed by atoms with Crippen molar-refractivity contribution in [3.8, 4) is 0 Å². The van der Waals surface area contributed by atoms with E-state index in [1.165, 1.54) is 0 Å². The zero-order valence-corrected chi connectivity index (χ0v) is 14.8. The van der Waals surface area contributed by atoms with Crippen molar-refractivity contribution in [3.63, 3.8) is 0 Å². The van der Waals surface area contributed by atoms with Crippen molar-refractivity contribution in [3.05, 3.63) is 71.8 Å². The summed E-state index contributed by atoms with van der Waals surface area (Å²) in [5.74, 6) is -0.0432. The van der Waals surface area contributed by atoms with Crippen LogP contribution in [0.1, 0.15) is 31.4 Å². The molecule has 1 N–H and O–H groups in total. The molecule has 24 heavy (non-hydrogen) atoms. The third-order valence-electron chi connectivity index (χ3n) is 4.46. The maximum Gasteiger partial charge on any atom is 0.306 e. The van der Waals surface area contributed by atoms with Gasteiger partial charge in [0.1, 0.15) is 5.60 Å².